The molecule has 0 aliphatic carbocycles. The summed E-state index contributed by atoms with van der Waals surface area (Å²) < 4.78 is 33.4. The minimum Gasteiger partial charge on any atom is -0.466 e. The summed E-state index contributed by atoms with van der Waals surface area (Å²) in [5, 5.41) is 9.88. The molecule has 0 radical (unpaired) electrons. The van der Waals surface area contributed by atoms with E-state index < -0.39 is 23.9 Å². The van der Waals surface area contributed by atoms with Crippen molar-refractivity contribution in [1.29, 1.82) is 0 Å². The van der Waals surface area contributed by atoms with E-state index in [1.54, 1.807) is 17.8 Å². The Morgan fingerprint density at radius 1 is 0.795 bits per heavy atom. The van der Waals surface area contributed by atoms with Gasteiger partial charge in [-0.05, 0) is 36.8 Å². The van der Waals surface area contributed by atoms with E-state index in [1.807, 2.05) is 66.8 Å². The SMILES string of the molecule is C.CO.COC(=O)/C=C(/Nc1ccccc1SC)C(=O)OC.COC(=O)C#CC(=O)OC.CSc1ccccc1N.F.FF. The first kappa shape index (κ1) is 49.4. The monoisotopic (exact) mass is 668 g/mol. The Morgan fingerprint density at radius 2 is 1.23 bits per heavy atom. The highest BCUT2D eigenvalue weighted by Crippen LogP contribution is 2.26. The predicted octanol–water partition coefficient (Wildman–Crippen LogP) is 4.61. The van der Waals surface area contributed by atoms with E-state index in [1.165, 1.54) is 40.2 Å². The second-order valence-corrected chi connectivity index (χ2v) is 8.07. The third-order valence-corrected chi connectivity index (χ3v) is 5.63. The zero-order valence-electron chi connectivity index (χ0n) is 24.5. The molecular weight excluding hydrogens is 629 g/mol. The molecule has 0 atom stereocenters. The lowest BCUT2D eigenvalue weighted by atomic mass is 10.3. The Hall–Kier alpha value is -4.33. The molecule has 0 spiro atoms. The number of thioether (sulfide) groups is 2. The van der Waals surface area contributed by atoms with Crippen molar-refractivity contribution in [2.75, 3.05) is 59.1 Å². The summed E-state index contributed by atoms with van der Waals surface area (Å²) in [7, 11) is 5.84. The Morgan fingerprint density at radius 3 is 1.59 bits per heavy atom. The lowest BCUT2D eigenvalue weighted by molar-refractivity contribution is -0.138. The van der Waals surface area contributed by atoms with Crippen LogP contribution in [0.1, 0.15) is 7.43 Å². The molecule has 11 nitrogen and oxygen atoms in total. The van der Waals surface area contributed by atoms with Crippen LogP contribution in [-0.4, -0.2) is 77.0 Å². The van der Waals surface area contributed by atoms with Gasteiger partial charge in [0, 0.05) is 43.6 Å². The molecule has 0 saturated heterocycles. The van der Waals surface area contributed by atoms with Crippen LogP contribution < -0.4 is 11.1 Å². The first-order valence-corrected chi connectivity index (χ1v) is 13.6. The fraction of sp³-hybridized carbons (Fsp3) is 0.286. The average Bonchev–Trinajstić information content (AvgIpc) is 3.05. The standard InChI is InChI=1S/C13H15NO4S.C7H9NS.C6H6O4.CH4O.CH4.F2.FH/c1-17-12(15)8-10(13(16)18-2)14-9-6-4-5-7-11(9)19-3;1-9-7-5-3-2-4-6(7)8;1-9-5(7)3-4-6(8)10-2;1-2;;1-2;/h4-8,14H,1-3H3;2-5H,8H2,1H3;1-2H3;2H,1H3;1H4;;1H/b10-8+;;;;;;. The van der Waals surface area contributed by atoms with Crippen LogP contribution in [0.5, 0.6) is 0 Å². The van der Waals surface area contributed by atoms with Gasteiger partial charge in [0.25, 0.3) is 0 Å². The molecular formula is C28H39F3N2O9S2. The van der Waals surface area contributed by atoms with Gasteiger partial charge in [-0.25, -0.2) is 19.2 Å². The van der Waals surface area contributed by atoms with Gasteiger partial charge in [0.05, 0.1) is 40.2 Å². The maximum atomic E-state index is 11.6. The van der Waals surface area contributed by atoms with Gasteiger partial charge in [0.2, 0.25) is 0 Å². The second-order valence-electron chi connectivity index (χ2n) is 6.37. The summed E-state index contributed by atoms with van der Waals surface area (Å²) in [6, 6.07) is 15.3. The maximum Gasteiger partial charge on any atom is 0.384 e. The van der Waals surface area contributed by atoms with Gasteiger partial charge < -0.3 is 35.1 Å². The summed E-state index contributed by atoms with van der Waals surface area (Å²) in [6.45, 7) is 0. The molecule has 0 fully saturated rings. The number of hydrogen-bond acceptors (Lipinski definition) is 13. The molecule has 0 bridgehead atoms. The van der Waals surface area contributed by atoms with Gasteiger partial charge >= 0.3 is 23.9 Å². The van der Waals surface area contributed by atoms with Crippen molar-refractivity contribution in [1.82, 2.24) is 0 Å². The van der Waals surface area contributed by atoms with Crippen LogP contribution >= 0.6 is 23.5 Å². The van der Waals surface area contributed by atoms with E-state index in [2.05, 4.69) is 24.3 Å². The van der Waals surface area contributed by atoms with Crippen LogP contribution in [0.3, 0.4) is 0 Å². The van der Waals surface area contributed by atoms with Crippen molar-refractivity contribution < 1.29 is 57.1 Å². The molecule has 2 aromatic rings. The molecule has 0 heterocycles. The van der Waals surface area contributed by atoms with E-state index in [0.717, 1.165) is 34.4 Å². The smallest absolute Gasteiger partial charge is 0.384 e. The lowest BCUT2D eigenvalue weighted by Crippen LogP contribution is -2.15. The minimum atomic E-state index is -0.759. The van der Waals surface area contributed by atoms with Gasteiger partial charge in [0.1, 0.15) is 5.70 Å². The summed E-state index contributed by atoms with van der Waals surface area (Å²) >= 11 is 3.19. The fourth-order valence-electron chi connectivity index (χ4n) is 2.20. The largest absolute Gasteiger partial charge is 0.466 e. The number of methoxy groups -OCH3 is 4. The zero-order valence-corrected chi connectivity index (χ0v) is 26.1. The number of esters is 4. The number of halogens is 3. The molecule has 4 N–H and O–H groups in total. The Labute approximate surface area is 264 Å². The Bertz CT molecular complexity index is 1170. The first-order valence-electron chi connectivity index (χ1n) is 11.1. The van der Waals surface area contributed by atoms with Gasteiger partial charge in [-0.1, -0.05) is 31.7 Å². The number of hydrogen-bond donors (Lipinski definition) is 3. The quantitative estimate of drug-likeness (QED) is 0.0744. The number of benzene rings is 2. The normalized spacial score (nSPS) is 8.45. The van der Waals surface area contributed by atoms with Crippen molar-refractivity contribution >= 4 is 58.8 Å². The number of aliphatic hydroxyl groups excluding tert-OH is 1. The average molecular weight is 669 g/mol. The highest BCUT2D eigenvalue weighted by molar-refractivity contribution is 7.99. The number of rotatable bonds is 6. The Kier molecular flexibility index (Phi) is 37.2. The predicted molar refractivity (Wildman–Crippen MR) is 168 cm³/mol. The van der Waals surface area contributed by atoms with Crippen LogP contribution in [0.4, 0.5) is 25.2 Å². The van der Waals surface area contributed by atoms with Crippen LogP contribution in [0.15, 0.2) is 70.1 Å². The number of carbonyl (C=O) groups is 4. The number of nitrogens with two attached hydrogens (primary N) is 1. The lowest BCUT2D eigenvalue weighted by Gasteiger charge is -2.11. The second kappa shape index (κ2) is 33.2. The molecule has 0 saturated carbocycles. The van der Waals surface area contributed by atoms with Crippen LogP contribution in [0.2, 0.25) is 0 Å². The van der Waals surface area contributed by atoms with Gasteiger partial charge in [-0.3, -0.25) is 4.70 Å². The summed E-state index contributed by atoms with van der Waals surface area (Å²) in [5.74, 6) is 1.01. The molecule has 0 amide bonds. The van der Waals surface area contributed by atoms with Crippen molar-refractivity contribution in [2.45, 2.75) is 17.2 Å². The number of ether oxygens (including phenoxy) is 4. The topological polar surface area (TPSA) is 163 Å². The Balaban J connectivity index is -0.000000173. The molecule has 0 aliphatic heterocycles. The van der Waals surface area contributed by atoms with E-state index in [4.69, 9.17) is 20.0 Å². The van der Waals surface area contributed by atoms with E-state index in [9.17, 15) is 19.2 Å². The maximum absolute atomic E-state index is 11.6. The number of aliphatic hydroxyl groups is 1. The number of nitrogen functional groups attached to an aromatic ring is 1. The van der Waals surface area contributed by atoms with Crippen LogP contribution in [0, 0.1) is 11.8 Å². The summed E-state index contributed by atoms with van der Waals surface area (Å²) in [5.41, 5.74) is 7.22. The molecule has 0 unspecified atom stereocenters. The van der Waals surface area contributed by atoms with Crippen LogP contribution in [0.25, 0.3) is 0 Å². The zero-order chi connectivity index (χ0) is 32.9. The molecule has 0 aliphatic rings. The summed E-state index contributed by atoms with van der Waals surface area (Å²) in [4.78, 5) is 45.4. The fourth-order valence-corrected chi connectivity index (χ4v) is 3.27. The molecule has 248 valence electrons. The first-order chi connectivity index (χ1) is 20.2. The number of para-hydroxylation sites is 2. The summed E-state index contributed by atoms with van der Waals surface area (Å²) in [6.07, 6.45) is 5.00. The van der Waals surface area contributed by atoms with Crippen LogP contribution in [-0.2, 0) is 38.1 Å². The van der Waals surface area contributed by atoms with Crippen molar-refractivity contribution in [2.24, 2.45) is 0 Å². The van der Waals surface area contributed by atoms with Gasteiger partial charge in [0.15, 0.2) is 0 Å². The molecule has 44 heavy (non-hydrogen) atoms. The van der Waals surface area contributed by atoms with E-state index >= 15 is 0 Å². The highest BCUT2D eigenvalue weighted by atomic mass is 32.2. The molecule has 2 rings (SSSR count). The van der Waals surface area contributed by atoms with Crippen molar-refractivity contribution in [3.8, 4) is 11.8 Å². The van der Waals surface area contributed by atoms with Crippen molar-refractivity contribution in [3.05, 3.63) is 60.3 Å². The van der Waals surface area contributed by atoms with Crippen molar-refractivity contribution in [3.63, 3.8) is 0 Å². The number of nitrogens with one attached hydrogen (secondary N) is 1. The van der Waals surface area contributed by atoms with Gasteiger partial charge in [-0.2, -0.15) is 0 Å². The third kappa shape index (κ3) is 23.3. The van der Waals surface area contributed by atoms with Gasteiger partial charge in [-0.15, -0.1) is 23.5 Å². The molecule has 0 aromatic heterocycles. The number of carbonyl (C=O) groups excluding carboxylic acids is 4. The molecule has 16 heteroatoms. The highest BCUT2D eigenvalue weighted by Gasteiger charge is 2.14. The van der Waals surface area contributed by atoms with E-state index in [0.29, 0.717) is 0 Å². The van der Waals surface area contributed by atoms with E-state index in [-0.39, 0.29) is 17.8 Å². The number of anilines is 2. The molecule has 2 aromatic carbocycles. The minimum absolute atomic E-state index is 0. The third-order valence-electron chi connectivity index (χ3n) is 4.02.